The number of nitrogens with one attached hydrogen (secondary N) is 2. The van der Waals surface area contributed by atoms with Gasteiger partial charge in [0.25, 0.3) is 5.91 Å². The number of hydroxylamine groups is 2. The van der Waals surface area contributed by atoms with Crippen molar-refractivity contribution in [2.75, 3.05) is 6.54 Å². The van der Waals surface area contributed by atoms with Crippen molar-refractivity contribution in [1.82, 2.24) is 15.3 Å². The molecule has 2 saturated heterocycles. The van der Waals surface area contributed by atoms with Gasteiger partial charge in [0.05, 0.1) is 18.7 Å². The molecular weight excluding hydrogens is 398 g/mol. The largest absolute Gasteiger partial charge is 0.343 e. The number of hydrogen-bond donors (Lipinski definition) is 2. The van der Waals surface area contributed by atoms with Crippen molar-refractivity contribution in [3.8, 4) is 0 Å². The summed E-state index contributed by atoms with van der Waals surface area (Å²) in [5.41, 5.74) is 0.820. The van der Waals surface area contributed by atoms with Gasteiger partial charge < -0.3 is 14.7 Å². The fraction of sp³-hybridized carbons (Fsp3) is 0.524. The molecular formula is C21H29N5O3Si. The molecule has 1 aromatic rings. The molecule has 2 fully saturated rings. The third-order valence-corrected chi connectivity index (χ3v) is 10.6. The van der Waals surface area contributed by atoms with Crippen molar-refractivity contribution in [1.29, 1.82) is 5.41 Å². The van der Waals surface area contributed by atoms with Gasteiger partial charge in [0.2, 0.25) is 8.32 Å². The zero-order valence-electron chi connectivity index (χ0n) is 18.2. The lowest BCUT2D eigenvalue weighted by Gasteiger charge is -2.39. The Bertz CT molecular complexity index is 901. The van der Waals surface area contributed by atoms with Crippen molar-refractivity contribution in [2.45, 2.75) is 63.8 Å². The number of amides is 3. The first kappa shape index (κ1) is 22.0. The standard InChI is InChI=1S/C21H29N5O3Si/c1-21(2,3)30(5,6)29-26-16-11-12-17(25(13-16)20(26)28)18(22)24-19(27)14-7-9-15(23-4)10-8-14/h7-10,16-17H,11-13H2,1-3,5-6H3,(H2,22,24,27)/t16-,17+/m1/s1. The van der Waals surface area contributed by atoms with Gasteiger partial charge in [-0.25, -0.2) is 14.7 Å². The van der Waals surface area contributed by atoms with Crippen LogP contribution < -0.4 is 5.32 Å². The number of hydrogen-bond acceptors (Lipinski definition) is 4. The molecule has 2 aliphatic rings. The minimum atomic E-state index is -2.17. The zero-order valence-corrected chi connectivity index (χ0v) is 19.2. The van der Waals surface area contributed by atoms with Crippen molar-refractivity contribution in [2.24, 2.45) is 0 Å². The molecule has 0 aromatic heterocycles. The minimum Gasteiger partial charge on any atom is -0.315 e. The molecule has 8 nitrogen and oxygen atoms in total. The summed E-state index contributed by atoms with van der Waals surface area (Å²) >= 11 is 0. The summed E-state index contributed by atoms with van der Waals surface area (Å²) in [5, 5.41) is 12.5. The zero-order chi connectivity index (χ0) is 22.3. The van der Waals surface area contributed by atoms with Crippen molar-refractivity contribution < 1.29 is 14.1 Å². The summed E-state index contributed by atoms with van der Waals surface area (Å²) < 4.78 is 6.29. The van der Waals surface area contributed by atoms with Gasteiger partial charge in [0, 0.05) is 12.1 Å². The third kappa shape index (κ3) is 4.11. The molecule has 9 heteroatoms. The van der Waals surface area contributed by atoms with Gasteiger partial charge in [-0.15, -0.1) is 0 Å². The van der Waals surface area contributed by atoms with Crippen molar-refractivity contribution >= 4 is 31.8 Å². The van der Waals surface area contributed by atoms with Gasteiger partial charge >= 0.3 is 6.03 Å². The van der Waals surface area contributed by atoms with Crippen LogP contribution in [0.25, 0.3) is 4.85 Å². The predicted molar refractivity (Wildman–Crippen MR) is 117 cm³/mol. The average Bonchev–Trinajstić information content (AvgIpc) is 2.91. The van der Waals surface area contributed by atoms with Gasteiger partial charge in [-0.2, -0.15) is 0 Å². The van der Waals surface area contributed by atoms with E-state index in [2.05, 4.69) is 44.0 Å². The van der Waals surface area contributed by atoms with Crippen LogP contribution in [-0.4, -0.2) is 54.7 Å². The fourth-order valence-electron chi connectivity index (χ4n) is 3.40. The van der Waals surface area contributed by atoms with E-state index in [1.54, 1.807) is 29.2 Å². The van der Waals surface area contributed by atoms with Gasteiger partial charge in [0.1, 0.15) is 5.84 Å². The molecule has 0 saturated carbocycles. The first-order valence-electron chi connectivity index (χ1n) is 10.1. The first-order valence-corrected chi connectivity index (χ1v) is 13.0. The minimum absolute atomic E-state index is 0.00947. The maximum absolute atomic E-state index is 13.0. The van der Waals surface area contributed by atoms with Crippen LogP contribution in [0.3, 0.4) is 0 Å². The summed E-state index contributed by atoms with van der Waals surface area (Å²) in [7, 11) is -2.17. The highest BCUT2D eigenvalue weighted by Gasteiger charge is 2.50. The van der Waals surface area contributed by atoms with Crippen LogP contribution in [0.2, 0.25) is 18.1 Å². The van der Waals surface area contributed by atoms with Gasteiger partial charge in [-0.3, -0.25) is 10.2 Å². The Hall–Kier alpha value is -2.70. The highest BCUT2D eigenvalue weighted by Crippen LogP contribution is 2.40. The normalized spacial score (nSPS) is 21.4. The molecule has 2 N–H and O–H groups in total. The summed E-state index contributed by atoms with van der Waals surface area (Å²) in [6.07, 6.45) is 1.32. The Kier molecular flexibility index (Phi) is 5.76. The molecule has 1 aromatic carbocycles. The Balaban J connectivity index is 1.68. The van der Waals surface area contributed by atoms with Gasteiger partial charge in [-0.1, -0.05) is 45.0 Å². The molecule has 0 aliphatic carbocycles. The molecule has 30 heavy (non-hydrogen) atoms. The lowest BCUT2D eigenvalue weighted by molar-refractivity contribution is -0.0426. The number of fused-ring (bicyclic) bond motifs is 2. The molecule has 0 unspecified atom stereocenters. The third-order valence-electron chi connectivity index (χ3n) is 6.30. The maximum Gasteiger partial charge on any atom is 0.343 e. The number of carbonyl (C=O) groups excluding carboxylic acids is 2. The van der Waals surface area contributed by atoms with Crippen LogP contribution in [-0.2, 0) is 4.53 Å². The Morgan fingerprint density at radius 2 is 1.90 bits per heavy atom. The van der Waals surface area contributed by atoms with E-state index in [1.165, 1.54) is 5.06 Å². The molecule has 0 radical (unpaired) electrons. The molecule has 160 valence electrons. The topological polar surface area (TPSA) is 90.1 Å². The van der Waals surface area contributed by atoms with Crippen LogP contribution in [0, 0.1) is 12.0 Å². The summed E-state index contributed by atoms with van der Waals surface area (Å²) in [5.74, 6) is -0.407. The van der Waals surface area contributed by atoms with Crippen molar-refractivity contribution in [3.05, 3.63) is 41.2 Å². The number of rotatable bonds is 4. The monoisotopic (exact) mass is 427 g/mol. The second kappa shape index (κ2) is 7.85. The molecule has 2 bridgehead atoms. The van der Waals surface area contributed by atoms with E-state index in [9.17, 15) is 9.59 Å². The summed E-state index contributed by atoms with van der Waals surface area (Å²) in [4.78, 5) is 30.5. The number of carbonyl (C=O) groups is 2. The summed E-state index contributed by atoms with van der Waals surface area (Å²) in [6.45, 7) is 18.1. The van der Waals surface area contributed by atoms with Crippen LogP contribution in [0.4, 0.5) is 10.5 Å². The molecule has 2 atom stereocenters. The van der Waals surface area contributed by atoms with Crippen LogP contribution in [0.15, 0.2) is 24.3 Å². The van der Waals surface area contributed by atoms with E-state index in [1.807, 2.05) is 0 Å². The SMILES string of the molecule is [C-]#[N+]c1ccc(C(=O)NC(=N)[C@@H]2CC[C@@H]3CN2C(=O)N3O[Si](C)(C)C(C)(C)C)cc1. The number of benzene rings is 1. The molecule has 2 aliphatic heterocycles. The van der Waals surface area contributed by atoms with E-state index < -0.39 is 20.3 Å². The number of urea groups is 1. The van der Waals surface area contributed by atoms with E-state index in [4.69, 9.17) is 16.5 Å². The number of piperidine rings is 1. The van der Waals surface area contributed by atoms with Crippen LogP contribution in [0.5, 0.6) is 0 Å². The number of nitrogens with zero attached hydrogens (tertiary/aromatic N) is 3. The lowest BCUT2D eigenvalue weighted by Crippen LogP contribution is -2.51. The second-order valence-electron chi connectivity index (χ2n) is 9.39. The average molecular weight is 428 g/mol. The highest BCUT2D eigenvalue weighted by molar-refractivity contribution is 6.74. The molecule has 3 rings (SSSR count). The highest BCUT2D eigenvalue weighted by atomic mass is 28.4. The lowest BCUT2D eigenvalue weighted by atomic mass is 10.00. The Labute approximate surface area is 178 Å². The molecule has 0 spiro atoms. The van der Waals surface area contributed by atoms with Gasteiger partial charge in [0.15, 0.2) is 5.69 Å². The number of amidine groups is 1. The Morgan fingerprint density at radius 3 is 2.47 bits per heavy atom. The van der Waals surface area contributed by atoms with Gasteiger partial charge in [-0.05, 0) is 31.0 Å². The van der Waals surface area contributed by atoms with Crippen molar-refractivity contribution in [3.63, 3.8) is 0 Å². The van der Waals surface area contributed by atoms with E-state index in [-0.39, 0.29) is 22.9 Å². The van der Waals surface area contributed by atoms with E-state index in [0.29, 0.717) is 24.2 Å². The Morgan fingerprint density at radius 1 is 1.27 bits per heavy atom. The fourth-order valence-corrected chi connectivity index (χ4v) is 4.39. The quantitative estimate of drug-likeness (QED) is 0.327. The maximum atomic E-state index is 13.0. The van der Waals surface area contributed by atoms with E-state index in [0.717, 1.165) is 6.42 Å². The smallest absolute Gasteiger partial charge is 0.315 e. The molecule has 2 heterocycles. The van der Waals surface area contributed by atoms with Crippen LogP contribution >= 0.6 is 0 Å². The van der Waals surface area contributed by atoms with E-state index >= 15 is 0 Å². The summed E-state index contributed by atoms with van der Waals surface area (Å²) in [6, 6.07) is 5.52. The predicted octanol–water partition coefficient (Wildman–Crippen LogP) is 4.15. The van der Waals surface area contributed by atoms with Crippen LogP contribution in [0.1, 0.15) is 44.0 Å². The molecule has 3 amide bonds. The first-order chi connectivity index (χ1) is 13.9. The second-order valence-corrected chi connectivity index (χ2v) is 14.1.